The lowest BCUT2D eigenvalue weighted by atomic mass is 9.97. The lowest BCUT2D eigenvalue weighted by Gasteiger charge is -2.20. The summed E-state index contributed by atoms with van der Waals surface area (Å²) in [5, 5.41) is 3.40. The molecule has 0 heterocycles. The van der Waals surface area contributed by atoms with Gasteiger partial charge in [0.25, 0.3) is 0 Å². The molecule has 0 aliphatic heterocycles. The van der Waals surface area contributed by atoms with Crippen molar-refractivity contribution in [3.05, 3.63) is 35.9 Å². The van der Waals surface area contributed by atoms with Gasteiger partial charge in [0.15, 0.2) is 0 Å². The summed E-state index contributed by atoms with van der Waals surface area (Å²) in [5.41, 5.74) is 1.36. The van der Waals surface area contributed by atoms with E-state index in [0.717, 1.165) is 13.0 Å². The minimum atomic E-state index is -0.156. The first kappa shape index (κ1) is 15.7. The highest BCUT2D eigenvalue weighted by Gasteiger charge is 2.20. The zero-order valence-corrected chi connectivity index (χ0v) is 12.3. The van der Waals surface area contributed by atoms with Crippen molar-refractivity contribution in [3.63, 3.8) is 0 Å². The topological polar surface area (TPSA) is 38.3 Å². The van der Waals surface area contributed by atoms with Crippen molar-refractivity contribution in [3.8, 4) is 0 Å². The molecule has 106 valence electrons. The number of hydrogen-bond donors (Lipinski definition) is 1. The van der Waals surface area contributed by atoms with Gasteiger partial charge < -0.3 is 10.1 Å². The molecule has 1 aromatic rings. The first-order chi connectivity index (χ1) is 9.06. The summed E-state index contributed by atoms with van der Waals surface area (Å²) in [5.74, 6) is 0.252. The minimum Gasteiger partial charge on any atom is -0.469 e. The predicted octanol–water partition coefficient (Wildman–Crippen LogP) is 2.97. The number of rotatable bonds is 7. The molecule has 0 spiro atoms. The molecule has 0 aliphatic rings. The van der Waals surface area contributed by atoms with Crippen LogP contribution >= 0.6 is 0 Å². The molecular weight excluding hydrogens is 238 g/mol. The molecule has 0 aromatic heterocycles. The third-order valence-corrected chi connectivity index (χ3v) is 3.74. The standard InChI is InChI=1S/C16H25NO2/c1-12(15-8-6-5-7-9-15)10-11-17-14(3)13(2)16(18)19-4/h5-9,12-14,17H,10-11H2,1-4H3. The van der Waals surface area contributed by atoms with E-state index in [4.69, 9.17) is 4.74 Å². The van der Waals surface area contributed by atoms with Crippen LogP contribution in [0.3, 0.4) is 0 Å². The molecule has 3 unspecified atom stereocenters. The number of methoxy groups -OCH3 is 1. The minimum absolute atomic E-state index is 0.114. The molecule has 19 heavy (non-hydrogen) atoms. The number of carbonyl (C=O) groups excluding carboxylic acids is 1. The fraction of sp³-hybridized carbons (Fsp3) is 0.562. The van der Waals surface area contributed by atoms with Gasteiger partial charge in [-0.3, -0.25) is 4.79 Å². The van der Waals surface area contributed by atoms with Gasteiger partial charge in [-0.25, -0.2) is 0 Å². The highest BCUT2D eigenvalue weighted by Crippen LogP contribution is 2.17. The predicted molar refractivity (Wildman–Crippen MR) is 78.1 cm³/mol. The third-order valence-electron chi connectivity index (χ3n) is 3.74. The Morgan fingerprint density at radius 3 is 2.42 bits per heavy atom. The van der Waals surface area contributed by atoms with Gasteiger partial charge in [-0.05, 0) is 31.4 Å². The summed E-state index contributed by atoms with van der Waals surface area (Å²) in [6, 6.07) is 10.6. The van der Waals surface area contributed by atoms with Crippen LogP contribution in [0, 0.1) is 5.92 Å². The molecule has 0 saturated carbocycles. The maximum Gasteiger partial charge on any atom is 0.309 e. The van der Waals surface area contributed by atoms with E-state index in [9.17, 15) is 4.79 Å². The molecule has 1 N–H and O–H groups in total. The van der Waals surface area contributed by atoms with Gasteiger partial charge in [-0.1, -0.05) is 44.2 Å². The van der Waals surface area contributed by atoms with E-state index < -0.39 is 0 Å². The molecule has 0 bridgehead atoms. The number of hydrogen-bond acceptors (Lipinski definition) is 3. The summed E-state index contributed by atoms with van der Waals surface area (Å²) >= 11 is 0. The third kappa shape index (κ3) is 5.03. The maximum absolute atomic E-state index is 11.4. The van der Waals surface area contributed by atoms with Gasteiger partial charge in [0.05, 0.1) is 13.0 Å². The van der Waals surface area contributed by atoms with E-state index in [1.54, 1.807) is 0 Å². The number of carbonyl (C=O) groups is 1. The Kier molecular flexibility index (Phi) is 6.57. The Morgan fingerprint density at radius 2 is 1.84 bits per heavy atom. The molecule has 3 heteroatoms. The van der Waals surface area contributed by atoms with Gasteiger partial charge in [0.2, 0.25) is 0 Å². The zero-order chi connectivity index (χ0) is 14.3. The molecule has 0 fully saturated rings. The Labute approximate surface area is 116 Å². The lowest BCUT2D eigenvalue weighted by molar-refractivity contribution is -0.145. The Bertz CT molecular complexity index is 378. The smallest absolute Gasteiger partial charge is 0.309 e. The molecular formula is C16H25NO2. The van der Waals surface area contributed by atoms with Crippen molar-refractivity contribution < 1.29 is 9.53 Å². The molecule has 3 nitrogen and oxygen atoms in total. The quantitative estimate of drug-likeness (QED) is 0.769. The second-order valence-corrected chi connectivity index (χ2v) is 5.16. The molecule has 0 saturated heterocycles. The van der Waals surface area contributed by atoms with Crippen molar-refractivity contribution in [1.82, 2.24) is 5.32 Å². The van der Waals surface area contributed by atoms with Gasteiger partial charge in [0, 0.05) is 6.04 Å². The van der Waals surface area contributed by atoms with Gasteiger partial charge >= 0.3 is 5.97 Å². The number of nitrogens with one attached hydrogen (secondary N) is 1. The van der Waals surface area contributed by atoms with Crippen LogP contribution in [0.15, 0.2) is 30.3 Å². The summed E-state index contributed by atoms with van der Waals surface area (Å²) in [7, 11) is 1.43. The monoisotopic (exact) mass is 263 g/mol. The van der Waals surface area contributed by atoms with Crippen LogP contribution in [-0.2, 0) is 9.53 Å². The van der Waals surface area contributed by atoms with Crippen LogP contribution in [0.4, 0.5) is 0 Å². The van der Waals surface area contributed by atoms with Crippen LogP contribution < -0.4 is 5.32 Å². The lowest BCUT2D eigenvalue weighted by Crippen LogP contribution is -2.37. The Balaban J connectivity index is 2.32. The average Bonchev–Trinajstić information content (AvgIpc) is 2.46. The number of benzene rings is 1. The first-order valence-corrected chi connectivity index (χ1v) is 6.92. The van der Waals surface area contributed by atoms with E-state index in [2.05, 4.69) is 36.5 Å². The highest BCUT2D eigenvalue weighted by atomic mass is 16.5. The molecule has 1 aromatic carbocycles. The van der Waals surface area contributed by atoms with Crippen LogP contribution in [0.25, 0.3) is 0 Å². The maximum atomic E-state index is 11.4. The van der Waals surface area contributed by atoms with E-state index in [0.29, 0.717) is 5.92 Å². The van der Waals surface area contributed by atoms with Crippen molar-refractivity contribution in [1.29, 1.82) is 0 Å². The Hall–Kier alpha value is -1.35. The molecule has 0 aliphatic carbocycles. The largest absolute Gasteiger partial charge is 0.469 e. The normalized spacial score (nSPS) is 15.6. The van der Waals surface area contributed by atoms with E-state index in [-0.39, 0.29) is 17.9 Å². The zero-order valence-electron chi connectivity index (χ0n) is 12.3. The second-order valence-electron chi connectivity index (χ2n) is 5.16. The number of esters is 1. The summed E-state index contributed by atoms with van der Waals surface area (Å²) in [6.07, 6.45) is 1.06. The fourth-order valence-corrected chi connectivity index (χ4v) is 2.04. The van der Waals surface area contributed by atoms with Crippen LogP contribution in [0.1, 0.15) is 38.7 Å². The van der Waals surface area contributed by atoms with Gasteiger partial charge in [0.1, 0.15) is 0 Å². The molecule has 3 atom stereocenters. The summed E-state index contributed by atoms with van der Waals surface area (Å²) in [6.45, 7) is 7.04. The summed E-state index contributed by atoms with van der Waals surface area (Å²) < 4.78 is 4.75. The molecule has 0 amide bonds. The summed E-state index contributed by atoms with van der Waals surface area (Å²) in [4.78, 5) is 11.4. The van der Waals surface area contributed by atoms with E-state index in [1.807, 2.05) is 19.9 Å². The average molecular weight is 263 g/mol. The highest BCUT2D eigenvalue weighted by molar-refractivity contribution is 5.72. The van der Waals surface area contributed by atoms with Crippen LogP contribution in [0.2, 0.25) is 0 Å². The van der Waals surface area contributed by atoms with Crippen molar-refractivity contribution >= 4 is 5.97 Å². The number of ether oxygens (including phenoxy) is 1. The first-order valence-electron chi connectivity index (χ1n) is 6.92. The Morgan fingerprint density at radius 1 is 1.21 bits per heavy atom. The van der Waals surface area contributed by atoms with Crippen molar-refractivity contribution in [2.45, 2.75) is 39.2 Å². The second kappa shape index (κ2) is 7.95. The van der Waals surface area contributed by atoms with E-state index in [1.165, 1.54) is 12.7 Å². The van der Waals surface area contributed by atoms with Crippen molar-refractivity contribution in [2.24, 2.45) is 5.92 Å². The van der Waals surface area contributed by atoms with Crippen LogP contribution in [-0.4, -0.2) is 25.7 Å². The molecule has 1 rings (SSSR count). The van der Waals surface area contributed by atoms with Gasteiger partial charge in [-0.2, -0.15) is 0 Å². The van der Waals surface area contributed by atoms with Crippen molar-refractivity contribution in [2.75, 3.05) is 13.7 Å². The fourth-order valence-electron chi connectivity index (χ4n) is 2.04. The SMILES string of the molecule is COC(=O)C(C)C(C)NCCC(C)c1ccccc1. The van der Waals surface area contributed by atoms with Gasteiger partial charge in [-0.15, -0.1) is 0 Å². The van der Waals surface area contributed by atoms with Crippen LogP contribution in [0.5, 0.6) is 0 Å². The molecule has 0 radical (unpaired) electrons. The van der Waals surface area contributed by atoms with E-state index >= 15 is 0 Å².